The molecule has 5 atom stereocenters. The van der Waals surface area contributed by atoms with Crippen molar-refractivity contribution in [1.82, 2.24) is 35.7 Å². The summed E-state index contributed by atoms with van der Waals surface area (Å²) in [5, 5.41) is 21.4. The molecule has 5 amide bonds. The molecular formula is C51H57F4N9O7S. The van der Waals surface area contributed by atoms with E-state index in [0.717, 1.165) is 21.7 Å². The summed E-state index contributed by atoms with van der Waals surface area (Å²) in [6.07, 6.45) is -5.54. The molecule has 5 aromatic rings. The fraction of sp³-hybridized carbons (Fsp3) is 0.392. The quantitative estimate of drug-likeness (QED) is 0.0764. The fourth-order valence-corrected chi connectivity index (χ4v) is 9.82. The SMILES string of the molecule is Cc1ncsc1-c1ccc(CNC(=O)[C@@H]2C[C@@H](O)CN2C(=O)[C@@H](NC(=O)CNC(=O)c2cc(-c3ccccc3F)cc(NC(=O)c3c[nH]c(=O)cc3C(F)(F)F)c2N2C[C@@H](C)N(C)[C@@H](C)C2)C(C)(C)C)cc1. The van der Waals surface area contributed by atoms with Crippen molar-refractivity contribution in [2.24, 2.45) is 5.41 Å². The minimum atomic E-state index is -5.11. The first kappa shape index (κ1) is 52.8. The number of aromatic nitrogens is 2. The molecule has 7 rings (SSSR count). The molecule has 2 aliphatic heterocycles. The standard InChI is InChI=1S/C51H57F4N9O7S/c1-27-23-63(24-28(2)62(27)7)43-35(16-32(34-10-8-9-11-38(34)52)17-39(43)60-47(69)36-21-56-41(66)19-37(36)51(53,54)55)46(68)58-22-42(67)61-45(50(4,5)6)49(71)64-25-33(65)18-40(64)48(70)57-20-30-12-14-31(15-13-30)44-29(3)59-26-72-44/h8-17,19,21,26-28,33,40,45,65H,18,20,22-25H2,1-7H3,(H,56,66)(H,57,70)(H,58,68)(H,60,69)(H,61,67)/t27-,28+,33-,40+,45-/m1/s1. The van der Waals surface area contributed by atoms with E-state index in [1.807, 2.05) is 52.1 Å². The highest BCUT2D eigenvalue weighted by Gasteiger charge is 2.45. The number of hydrogen-bond acceptors (Lipinski definition) is 11. The van der Waals surface area contributed by atoms with Gasteiger partial charge in [0.05, 0.1) is 56.8 Å². The predicted molar refractivity (Wildman–Crippen MR) is 265 cm³/mol. The third-order valence-electron chi connectivity index (χ3n) is 13.1. The second-order valence-electron chi connectivity index (χ2n) is 19.4. The number of carbonyl (C=O) groups is 5. The van der Waals surface area contributed by atoms with Gasteiger partial charge in [0.15, 0.2) is 0 Å². The van der Waals surface area contributed by atoms with Crippen molar-refractivity contribution in [2.45, 2.75) is 91.0 Å². The van der Waals surface area contributed by atoms with E-state index in [1.54, 1.807) is 31.2 Å². The van der Waals surface area contributed by atoms with Crippen LogP contribution in [0.15, 0.2) is 83.2 Å². The van der Waals surface area contributed by atoms with Gasteiger partial charge in [0.1, 0.15) is 17.9 Å². The summed E-state index contributed by atoms with van der Waals surface area (Å²) in [7, 11) is 1.90. The number of rotatable bonds is 13. The van der Waals surface area contributed by atoms with Crippen LogP contribution < -0.4 is 31.7 Å². The number of likely N-dealkylation sites (tertiary alicyclic amines) is 1. The number of anilines is 2. The third-order valence-corrected chi connectivity index (χ3v) is 14.0. The van der Waals surface area contributed by atoms with Crippen molar-refractivity contribution >= 4 is 52.2 Å². The first-order chi connectivity index (χ1) is 33.9. The monoisotopic (exact) mass is 1020 g/mol. The molecule has 21 heteroatoms. The summed E-state index contributed by atoms with van der Waals surface area (Å²) < 4.78 is 58.2. The van der Waals surface area contributed by atoms with Crippen LogP contribution in [0.25, 0.3) is 21.6 Å². The highest BCUT2D eigenvalue weighted by Crippen LogP contribution is 2.40. The molecule has 16 nitrogen and oxygen atoms in total. The van der Waals surface area contributed by atoms with Crippen molar-refractivity contribution < 1.29 is 46.6 Å². The van der Waals surface area contributed by atoms with Gasteiger partial charge < -0.3 is 41.2 Å². The number of pyridine rings is 1. The summed E-state index contributed by atoms with van der Waals surface area (Å²) in [6, 6.07) is 13.5. The predicted octanol–water partition coefficient (Wildman–Crippen LogP) is 5.95. The smallest absolute Gasteiger partial charge is 0.391 e. The van der Waals surface area contributed by atoms with Gasteiger partial charge in [0.25, 0.3) is 11.8 Å². The number of likely N-dealkylation sites (N-methyl/N-ethyl adjacent to an activating group) is 1. The van der Waals surface area contributed by atoms with E-state index < -0.39 is 88.4 Å². The number of nitrogens with one attached hydrogen (secondary N) is 5. The zero-order valence-corrected chi connectivity index (χ0v) is 41.6. The Bertz CT molecular complexity index is 2910. The number of carbonyl (C=O) groups excluding carboxylic acids is 5. The van der Waals surface area contributed by atoms with Gasteiger partial charge in [-0.25, -0.2) is 9.37 Å². The lowest BCUT2D eigenvalue weighted by molar-refractivity contribution is -0.143. The number of halogens is 4. The Kier molecular flexibility index (Phi) is 15.7. The molecule has 0 aliphatic carbocycles. The lowest BCUT2D eigenvalue weighted by Gasteiger charge is -2.44. The first-order valence-corrected chi connectivity index (χ1v) is 24.1. The van der Waals surface area contributed by atoms with Crippen molar-refractivity contribution in [2.75, 3.05) is 43.4 Å². The van der Waals surface area contributed by atoms with Gasteiger partial charge in [-0.3, -0.25) is 33.7 Å². The van der Waals surface area contributed by atoms with Gasteiger partial charge in [-0.2, -0.15) is 13.2 Å². The Morgan fingerprint density at radius 2 is 1.58 bits per heavy atom. The molecular weight excluding hydrogens is 959 g/mol. The largest absolute Gasteiger partial charge is 0.417 e. The van der Waals surface area contributed by atoms with E-state index in [-0.39, 0.29) is 78.8 Å². The number of benzene rings is 3. The van der Waals surface area contributed by atoms with Gasteiger partial charge in [0.2, 0.25) is 23.3 Å². The molecule has 0 unspecified atom stereocenters. The van der Waals surface area contributed by atoms with Crippen LogP contribution >= 0.6 is 11.3 Å². The second-order valence-corrected chi connectivity index (χ2v) is 20.2. The van der Waals surface area contributed by atoms with Crippen LogP contribution in [0, 0.1) is 18.2 Å². The van der Waals surface area contributed by atoms with Gasteiger partial charge in [-0.15, -0.1) is 11.3 Å². The van der Waals surface area contributed by atoms with Crippen molar-refractivity contribution in [1.29, 1.82) is 0 Å². The second kappa shape index (κ2) is 21.4. The molecule has 2 aromatic heterocycles. The number of nitrogens with zero attached hydrogens (tertiary/aromatic N) is 4. The number of alkyl halides is 3. The maximum atomic E-state index is 15.5. The van der Waals surface area contributed by atoms with Crippen LogP contribution in [0.2, 0.25) is 0 Å². The van der Waals surface area contributed by atoms with E-state index in [9.17, 15) is 47.0 Å². The van der Waals surface area contributed by atoms with Crippen LogP contribution in [0.3, 0.4) is 0 Å². The number of amides is 5. The number of aromatic amines is 1. The zero-order chi connectivity index (χ0) is 52.4. The van der Waals surface area contributed by atoms with E-state index in [2.05, 4.69) is 36.1 Å². The maximum Gasteiger partial charge on any atom is 0.417 e. The number of aryl methyl sites for hydroxylation is 1. The highest BCUT2D eigenvalue weighted by atomic mass is 32.1. The normalized spacial score (nSPS) is 18.9. The van der Waals surface area contributed by atoms with Gasteiger partial charge in [-0.1, -0.05) is 63.2 Å². The molecule has 4 heterocycles. The van der Waals surface area contributed by atoms with Crippen LogP contribution in [-0.2, 0) is 27.1 Å². The summed E-state index contributed by atoms with van der Waals surface area (Å²) in [5.74, 6) is -4.85. The van der Waals surface area contributed by atoms with Crippen LogP contribution in [-0.4, -0.2) is 118 Å². The molecule has 382 valence electrons. The molecule has 3 aromatic carbocycles. The highest BCUT2D eigenvalue weighted by molar-refractivity contribution is 7.13. The maximum absolute atomic E-state index is 15.5. The molecule has 0 radical (unpaired) electrons. The molecule has 0 saturated carbocycles. The molecule has 2 fully saturated rings. The van der Waals surface area contributed by atoms with Gasteiger partial charge >= 0.3 is 6.18 Å². The number of β-amino-alcohol motifs (C(OH)–C–C–N with tert-alkyl or cyclic N) is 1. The average molecular weight is 1020 g/mol. The Balaban J connectivity index is 1.14. The number of thiazole rings is 1. The summed E-state index contributed by atoms with van der Waals surface area (Å²) in [5.41, 5.74) is -0.250. The number of aliphatic hydroxyl groups is 1. The number of hydrogen-bond donors (Lipinski definition) is 6. The molecule has 0 spiro atoms. The topological polar surface area (TPSA) is 209 Å². The Morgan fingerprint density at radius 3 is 2.21 bits per heavy atom. The van der Waals surface area contributed by atoms with Gasteiger partial charge in [0, 0.05) is 62.5 Å². The Labute approximate surface area is 417 Å². The summed E-state index contributed by atoms with van der Waals surface area (Å²) >= 11 is 1.52. The average Bonchev–Trinajstić information content (AvgIpc) is 3.94. The molecule has 72 heavy (non-hydrogen) atoms. The molecule has 2 aliphatic rings. The number of aliphatic hydroxyl groups excluding tert-OH is 1. The first-order valence-electron chi connectivity index (χ1n) is 23.3. The van der Waals surface area contributed by atoms with Crippen LogP contribution in [0.4, 0.5) is 28.9 Å². The van der Waals surface area contributed by atoms with Crippen LogP contribution in [0.5, 0.6) is 0 Å². The van der Waals surface area contributed by atoms with E-state index in [0.29, 0.717) is 6.20 Å². The van der Waals surface area contributed by atoms with Crippen LogP contribution in [0.1, 0.15) is 78.6 Å². The van der Waals surface area contributed by atoms with E-state index in [1.165, 1.54) is 52.6 Å². The van der Waals surface area contributed by atoms with Crippen molar-refractivity contribution in [3.63, 3.8) is 0 Å². The minimum absolute atomic E-state index is 0.0199. The van der Waals surface area contributed by atoms with Crippen molar-refractivity contribution in [3.05, 3.63) is 123 Å². The van der Waals surface area contributed by atoms with E-state index >= 15 is 4.39 Å². The summed E-state index contributed by atoms with van der Waals surface area (Å²) in [4.78, 5) is 95.0. The van der Waals surface area contributed by atoms with E-state index in [4.69, 9.17) is 0 Å². The lowest BCUT2D eigenvalue weighted by Crippen LogP contribution is -2.58. The fourth-order valence-electron chi connectivity index (χ4n) is 9.01. The van der Waals surface area contributed by atoms with Gasteiger partial charge in [-0.05, 0) is 68.1 Å². The number of piperazine rings is 1. The van der Waals surface area contributed by atoms with Crippen molar-refractivity contribution in [3.8, 4) is 21.6 Å². The third kappa shape index (κ3) is 11.9. The zero-order valence-electron chi connectivity index (χ0n) is 40.7. The lowest BCUT2D eigenvalue weighted by atomic mass is 9.85. The minimum Gasteiger partial charge on any atom is -0.391 e. The molecule has 2 saturated heterocycles. The summed E-state index contributed by atoms with van der Waals surface area (Å²) in [6.45, 7) is 10.6. The Hall–Kier alpha value is -6.97. The molecule has 0 bridgehead atoms. The number of H-pyrrole nitrogens is 1. The Morgan fingerprint density at radius 1 is 0.903 bits per heavy atom. The molecule has 6 N–H and O–H groups in total.